The fourth-order valence-corrected chi connectivity index (χ4v) is 2.41. The molecule has 0 radical (unpaired) electrons. The molecule has 2 aromatic rings. The molecule has 0 amide bonds. The lowest BCUT2D eigenvalue weighted by atomic mass is 10.1. The Morgan fingerprint density at radius 3 is 2.42 bits per heavy atom. The van der Waals surface area contributed by atoms with Crippen molar-refractivity contribution in [3.8, 4) is 5.75 Å². The van der Waals surface area contributed by atoms with E-state index in [1.165, 1.54) is 5.56 Å². The van der Waals surface area contributed by atoms with Crippen LogP contribution >= 0.6 is 0 Å². The van der Waals surface area contributed by atoms with Crippen LogP contribution in [0.3, 0.4) is 0 Å². The van der Waals surface area contributed by atoms with Crippen molar-refractivity contribution in [1.29, 1.82) is 0 Å². The van der Waals surface area contributed by atoms with Gasteiger partial charge in [0.1, 0.15) is 5.75 Å². The molecule has 0 aromatic heterocycles. The van der Waals surface area contributed by atoms with Crippen LogP contribution in [0.4, 0.5) is 0 Å². The molecule has 0 bridgehead atoms. The smallest absolute Gasteiger partial charge is 0.340 e. The van der Waals surface area contributed by atoms with Gasteiger partial charge in [-0.1, -0.05) is 42.5 Å². The number of ether oxygens (including phenoxy) is 1. The van der Waals surface area contributed by atoms with E-state index >= 15 is 0 Å². The maximum atomic E-state index is 12.2. The first-order chi connectivity index (χ1) is 9.25. The molecule has 2 aromatic carbocycles. The number of carbonyl (C=O) groups is 1. The van der Waals surface area contributed by atoms with Gasteiger partial charge in [0.05, 0.1) is 0 Å². The van der Waals surface area contributed by atoms with Crippen molar-refractivity contribution in [2.75, 3.05) is 0 Å². The molecule has 19 heavy (non-hydrogen) atoms. The number of rotatable bonds is 2. The molecule has 0 spiro atoms. The average molecular weight is 250 g/mol. The van der Waals surface area contributed by atoms with Crippen LogP contribution in [0.5, 0.6) is 5.75 Å². The summed E-state index contributed by atoms with van der Waals surface area (Å²) in [6, 6.07) is 17.3. The van der Waals surface area contributed by atoms with Crippen molar-refractivity contribution in [2.24, 2.45) is 0 Å². The second kappa shape index (κ2) is 4.73. The summed E-state index contributed by atoms with van der Waals surface area (Å²) in [4.78, 5) is 12.2. The number of esters is 1. The highest BCUT2D eigenvalue weighted by molar-refractivity contribution is 6.01. The number of allylic oxidation sites excluding steroid dienone is 1. The summed E-state index contributed by atoms with van der Waals surface area (Å²) < 4.78 is 5.40. The van der Waals surface area contributed by atoms with Crippen molar-refractivity contribution in [3.05, 3.63) is 71.3 Å². The number of carbonyl (C=O) groups excluding carboxylic acids is 1. The van der Waals surface area contributed by atoms with Crippen LogP contribution in [-0.4, -0.2) is 5.97 Å². The van der Waals surface area contributed by atoms with Gasteiger partial charge in [0.15, 0.2) is 0 Å². The second-order valence-electron chi connectivity index (χ2n) is 4.64. The normalized spacial score (nSPS) is 13.3. The third-order valence-electron chi connectivity index (χ3n) is 3.44. The lowest BCUT2D eigenvalue weighted by Gasteiger charge is -2.05. The fourth-order valence-electron chi connectivity index (χ4n) is 2.41. The average Bonchev–Trinajstić information content (AvgIpc) is 2.78. The molecule has 0 N–H and O–H groups in total. The summed E-state index contributed by atoms with van der Waals surface area (Å²) in [5.74, 6) is 0.337. The van der Waals surface area contributed by atoms with Gasteiger partial charge < -0.3 is 4.74 Å². The quantitative estimate of drug-likeness (QED) is 0.601. The molecule has 1 aliphatic rings. The Labute approximate surface area is 112 Å². The molecular weight excluding hydrogens is 236 g/mol. The zero-order chi connectivity index (χ0) is 13.2. The van der Waals surface area contributed by atoms with Crippen LogP contribution in [0.2, 0.25) is 0 Å². The third kappa shape index (κ3) is 2.17. The predicted octanol–water partition coefficient (Wildman–Crippen LogP) is 3.62. The van der Waals surface area contributed by atoms with Gasteiger partial charge in [0, 0.05) is 12.0 Å². The van der Waals surface area contributed by atoms with Crippen LogP contribution in [0, 0.1) is 0 Å². The van der Waals surface area contributed by atoms with Gasteiger partial charge in [-0.25, -0.2) is 4.79 Å². The fraction of sp³-hybridized carbons (Fsp3) is 0.118. The van der Waals surface area contributed by atoms with Gasteiger partial charge in [-0.3, -0.25) is 0 Å². The first kappa shape index (κ1) is 11.7. The van der Waals surface area contributed by atoms with Crippen molar-refractivity contribution < 1.29 is 9.53 Å². The highest BCUT2D eigenvalue weighted by Crippen LogP contribution is 2.32. The van der Waals surface area contributed by atoms with E-state index in [2.05, 4.69) is 6.07 Å². The number of hydrogen-bond donors (Lipinski definition) is 0. The van der Waals surface area contributed by atoms with Gasteiger partial charge in [-0.15, -0.1) is 0 Å². The molecule has 94 valence electrons. The van der Waals surface area contributed by atoms with E-state index in [0.29, 0.717) is 12.2 Å². The molecule has 0 atom stereocenters. The highest BCUT2D eigenvalue weighted by atomic mass is 16.5. The zero-order valence-electron chi connectivity index (χ0n) is 10.7. The Balaban J connectivity index is 1.85. The maximum Gasteiger partial charge on any atom is 0.340 e. The lowest BCUT2D eigenvalue weighted by molar-refractivity contribution is -0.130. The number of hydrogen-bond acceptors (Lipinski definition) is 2. The molecule has 0 saturated heterocycles. The van der Waals surface area contributed by atoms with E-state index in [1.807, 2.05) is 43.3 Å². The van der Waals surface area contributed by atoms with Gasteiger partial charge in [-0.05, 0) is 35.8 Å². The van der Waals surface area contributed by atoms with E-state index in [0.717, 1.165) is 16.7 Å². The topological polar surface area (TPSA) is 26.3 Å². The Morgan fingerprint density at radius 1 is 1.00 bits per heavy atom. The Morgan fingerprint density at radius 2 is 1.68 bits per heavy atom. The summed E-state index contributed by atoms with van der Waals surface area (Å²) in [6.45, 7) is 1.98. The summed E-state index contributed by atoms with van der Waals surface area (Å²) in [7, 11) is 0. The predicted molar refractivity (Wildman–Crippen MR) is 74.8 cm³/mol. The second-order valence-corrected chi connectivity index (χ2v) is 4.64. The Hall–Kier alpha value is -2.35. The molecule has 0 unspecified atom stereocenters. The summed E-state index contributed by atoms with van der Waals surface area (Å²) in [5, 5.41) is 0. The molecule has 0 saturated carbocycles. The number of benzene rings is 2. The molecule has 2 heteroatoms. The first-order valence-electron chi connectivity index (χ1n) is 6.31. The maximum absolute atomic E-state index is 12.2. The van der Waals surface area contributed by atoms with Crippen molar-refractivity contribution in [3.63, 3.8) is 0 Å². The van der Waals surface area contributed by atoms with Crippen molar-refractivity contribution in [2.45, 2.75) is 13.3 Å². The van der Waals surface area contributed by atoms with Gasteiger partial charge in [0.2, 0.25) is 0 Å². The van der Waals surface area contributed by atoms with E-state index in [9.17, 15) is 4.79 Å². The third-order valence-corrected chi connectivity index (χ3v) is 3.44. The Bertz CT molecular complexity index is 654. The first-order valence-corrected chi connectivity index (χ1v) is 6.31. The number of para-hydroxylation sites is 1. The molecular formula is C17H14O2. The molecule has 1 aliphatic carbocycles. The van der Waals surface area contributed by atoms with Crippen LogP contribution in [-0.2, 0) is 11.2 Å². The van der Waals surface area contributed by atoms with Gasteiger partial charge >= 0.3 is 5.97 Å². The van der Waals surface area contributed by atoms with Crippen molar-refractivity contribution in [1.82, 2.24) is 0 Å². The minimum atomic E-state index is -0.250. The molecule has 0 aliphatic heterocycles. The summed E-state index contributed by atoms with van der Waals surface area (Å²) in [5.41, 5.74) is 4.13. The Kier molecular flexibility index (Phi) is 2.92. The molecule has 0 heterocycles. The largest absolute Gasteiger partial charge is 0.423 e. The minimum absolute atomic E-state index is 0.250. The molecule has 0 fully saturated rings. The van der Waals surface area contributed by atoms with Crippen LogP contribution in [0.25, 0.3) is 5.57 Å². The van der Waals surface area contributed by atoms with Crippen molar-refractivity contribution >= 4 is 11.5 Å². The zero-order valence-corrected chi connectivity index (χ0v) is 10.7. The lowest BCUT2D eigenvalue weighted by Crippen LogP contribution is -2.11. The monoisotopic (exact) mass is 250 g/mol. The standard InChI is InChI=1S/C17H14O2/c1-12-15-10-6-5-7-13(15)11-16(12)17(18)19-14-8-3-2-4-9-14/h2-10H,11H2,1H3. The van der Waals surface area contributed by atoms with E-state index < -0.39 is 0 Å². The van der Waals surface area contributed by atoms with Gasteiger partial charge in [-0.2, -0.15) is 0 Å². The van der Waals surface area contributed by atoms with Crippen LogP contribution in [0.15, 0.2) is 60.2 Å². The number of fused-ring (bicyclic) bond motifs is 1. The van der Waals surface area contributed by atoms with E-state index in [1.54, 1.807) is 12.1 Å². The SMILES string of the molecule is CC1=C(C(=O)Oc2ccccc2)Cc2ccccc21. The summed E-state index contributed by atoms with van der Waals surface area (Å²) >= 11 is 0. The van der Waals surface area contributed by atoms with Crippen LogP contribution < -0.4 is 4.74 Å². The molecule has 2 nitrogen and oxygen atoms in total. The van der Waals surface area contributed by atoms with Crippen LogP contribution in [0.1, 0.15) is 18.1 Å². The van der Waals surface area contributed by atoms with E-state index in [-0.39, 0.29) is 5.97 Å². The minimum Gasteiger partial charge on any atom is -0.423 e. The highest BCUT2D eigenvalue weighted by Gasteiger charge is 2.24. The van der Waals surface area contributed by atoms with E-state index in [4.69, 9.17) is 4.74 Å². The summed E-state index contributed by atoms with van der Waals surface area (Å²) in [6.07, 6.45) is 0.660. The molecule has 3 rings (SSSR count). The van der Waals surface area contributed by atoms with Gasteiger partial charge in [0.25, 0.3) is 0 Å².